The summed E-state index contributed by atoms with van der Waals surface area (Å²) in [5.74, 6) is 0.631. The third-order valence-electron chi connectivity index (χ3n) is 4.65. The number of halogens is 3. The van der Waals surface area contributed by atoms with Crippen molar-refractivity contribution in [2.75, 3.05) is 6.26 Å². The van der Waals surface area contributed by atoms with Gasteiger partial charge in [0, 0.05) is 21.0 Å². The first kappa shape index (κ1) is 23.1. The van der Waals surface area contributed by atoms with Crippen molar-refractivity contribution in [2.24, 2.45) is 0 Å². The summed E-state index contributed by atoms with van der Waals surface area (Å²) in [6, 6.07) is 12.2. The Morgan fingerprint density at radius 3 is 2.19 bits per heavy atom. The van der Waals surface area contributed by atoms with E-state index in [0.29, 0.717) is 42.9 Å². The van der Waals surface area contributed by atoms with Gasteiger partial charge in [-0.1, -0.05) is 67.7 Å². The summed E-state index contributed by atoms with van der Waals surface area (Å²) < 4.78 is 20.5. The smallest absolute Gasteiger partial charge is 0.273 e. The Morgan fingerprint density at radius 2 is 1.62 bits per heavy atom. The van der Waals surface area contributed by atoms with Crippen molar-refractivity contribution in [1.82, 2.24) is 20.0 Å². The zero-order valence-electron chi connectivity index (χ0n) is 17.7. The summed E-state index contributed by atoms with van der Waals surface area (Å²) in [5, 5.41) is 14.5. The van der Waals surface area contributed by atoms with Crippen molar-refractivity contribution in [2.45, 2.75) is 31.1 Å². The van der Waals surface area contributed by atoms with Gasteiger partial charge in [-0.05, 0) is 41.5 Å². The summed E-state index contributed by atoms with van der Waals surface area (Å²) in [7, 11) is 0. The number of rotatable bonds is 4. The van der Waals surface area contributed by atoms with E-state index in [9.17, 15) is 4.55 Å². The lowest BCUT2D eigenvalue weighted by molar-refractivity contribution is 0.398. The third-order valence-corrected chi connectivity index (χ3v) is 6.41. The number of hydrogen-bond acceptors (Lipinski definition) is 5. The van der Waals surface area contributed by atoms with Crippen LogP contribution in [-0.4, -0.2) is 30.8 Å². The van der Waals surface area contributed by atoms with Gasteiger partial charge in [0.25, 0.3) is 5.89 Å². The van der Waals surface area contributed by atoms with Gasteiger partial charge in [-0.3, -0.25) is 0 Å². The van der Waals surface area contributed by atoms with E-state index in [-0.39, 0.29) is 11.3 Å². The molecule has 1 unspecified atom stereocenters. The van der Waals surface area contributed by atoms with E-state index in [1.807, 2.05) is 32.9 Å². The average Bonchev–Trinajstić information content (AvgIpc) is 3.33. The maximum absolute atomic E-state index is 13.0. The van der Waals surface area contributed by atoms with Crippen LogP contribution in [0.25, 0.3) is 28.5 Å². The molecule has 0 N–H and O–H groups in total. The quantitative estimate of drug-likeness (QED) is 0.290. The standard InChI is InChI=1S/C22H19Cl3N4O2S/c1-22(2,3)21-27-26-20(31-21)17-19(32(4)30)18(12-5-7-13(23)8-6-12)29(28-17)16-10-9-14(24)11-15(16)25/h5-11H,1-4H3. The highest BCUT2D eigenvalue weighted by molar-refractivity contribution is 7.91. The maximum atomic E-state index is 13.0. The van der Waals surface area contributed by atoms with E-state index in [2.05, 4.69) is 10.2 Å². The predicted molar refractivity (Wildman–Crippen MR) is 128 cm³/mol. The molecule has 4 aromatic rings. The molecule has 32 heavy (non-hydrogen) atoms. The molecule has 166 valence electrons. The number of benzene rings is 2. The minimum Gasteiger partial charge on any atom is -0.612 e. The monoisotopic (exact) mass is 508 g/mol. The van der Waals surface area contributed by atoms with Crippen molar-refractivity contribution in [1.29, 1.82) is 0 Å². The zero-order chi connectivity index (χ0) is 23.2. The van der Waals surface area contributed by atoms with Crippen molar-refractivity contribution in [3.63, 3.8) is 0 Å². The second kappa shape index (κ2) is 8.72. The molecular formula is C22H19Cl3N4O2S. The second-order valence-corrected chi connectivity index (χ2v) is 10.8. The van der Waals surface area contributed by atoms with Crippen LogP contribution in [0.2, 0.25) is 15.1 Å². The Morgan fingerprint density at radius 1 is 0.969 bits per heavy atom. The van der Waals surface area contributed by atoms with Gasteiger partial charge in [0.1, 0.15) is 11.9 Å². The number of hydrogen-bond donors (Lipinski definition) is 0. The highest BCUT2D eigenvalue weighted by Crippen LogP contribution is 2.39. The fraction of sp³-hybridized carbons (Fsp3) is 0.227. The second-order valence-electron chi connectivity index (χ2n) is 8.16. The molecule has 6 nitrogen and oxygen atoms in total. The lowest BCUT2D eigenvalue weighted by atomic mass is 9.97. The van der Waals surface area contributed by atoms with Crippen LogP contribution in [0.3, 0.4) is 0 Å². The molecule has 0 radical (unpaired) electrons. The molecule has 1 atom stereocenters. The molecule has 0 fully saturated rings. The molecule has 2 heterocycles. The van der Waals surface area contributed by atoms with Crippen LogP contribution in [0.4, 0.5) is 0 Å². The average molecular weight is 510 g/mol. The van der Waals surface area contributed by atoms with Crippen LogP contribution in [-0.2, 0) is 16.6 Å². The van der Waals surface area contributed by atoms with Crippen LogP contribution in [0, 0.1) is 0 Å². The summed E-state index contributed by atoms with van der Waals surface area (Å²) in [4.78, 5) is 0.447. The van der Waals surface area contributed by atoms with Crippen molar-refractivity contribution in [3.8, 4) is 28.5 Å². The highest BCUT2D eigenvalue weighted by atomic mass is 35.5. The molecule has 0 aliphatic carbocycles. The van der Waals surface area contributed by atoms with Gasteiger partial charge in [0.05, 0.1) is 10.7 Å². The topological polar surface area (TPSA) is 79.8 Å². The van der Waals surface area contributed by atoms with Gasteiger partial charge in [0.2, 0.25) is 16.5 Å². The molecule has 0 saturated carbocycles. The molecule has 0 saturated heterocycles. The van der Waals surface area contributed by atoms with Gasteiger partial charge in [-0.2, -0.15) is 5.10 Å². The first-order valence-electron chi connectivity index (χ1n) is 9.58. The first-order chi connectivity index (χ1) is 15.1. The maximum Gasteiger partial charge on any atom is 0.273 e. The Labute approximate surface area is 203 Å². The summed E-state index contributed by atoms with van der Waals surface area (Å²) in [6.45, 7) is 5.90. The molecule has 0 aliphatic heterocycles. The Balaban J connectivity index is 2.03. The van der Waals surface area contributed by atoms with Crippen LogP contribution in [0.1, 0.15) is 26.7 Å². The van der Waals surface area contributed by atoms with Gasteiger partial charge in [0.15, 0.2) is 0 Å². The lowest BCUT2D eigenvalue weighted by Gasteiger charge is -2.12. The van der Waals surface area contributed by atoms with Gasteiger partial charge in [-0.25, -0.2) is 4.68 Å². The van der Waals surface area contributed by atoms with Crippen LogP contribution >= 0.6 is 34.8 Å². The van der Waals surface area contributed by atoms with Gasteiger partial charge in [-0.15, -0.1) is 10.2 Å². The first-order valence-corrected chi connectivity index (χ1v) is 12.3. The Kier molecular flexibility index (Phi) is 6.31. The fourth-order valence-corrected chi connectivity index (χ4v) is 4.62. The third kappa shape index (κ3) is 4.40. The SMILES string of the molecule is C[S+]([O-])c1c(-c2nnc(C(C)(C)C)o2)nn(-c2ccc(Cl)cc2Cl)c1-c1ccc(Cl)cc1. The molecule has 4 rings (SSSR count). The van der Waals surface area contributed by atoms with E-state index >= 15 is 0 Å². The van der Waals surface area contributed by atoms with Crippen LogP contribution < -0.4 is 0 Å². The van der Waals surface area contributed by atoms with E-state index in [4.69, 9.17) is 44.3 Å². The summed E-state index contributed by atoms with van der Waals surface area (Å²) >= 11 is 17.3. The van der Waals surface area contributed by atoms with E-state index in [0.717, 1.165) is 5.56 Å². The molecule has 0 spiro atoms. The van der Waals surface area contributed by atoms with Crippen LogP contribution in [0.5, 0.6) is 0 Å². The summed E-state index contributed by atoms with van der Waals surface area (Å²) in [5.41, 5.74) is 1.87. The van der Waals surface area contributed by atoms with Crippen LogP contribution in [0.15, 0.2) is 51.8 Å². The highest BCUT2D eigenvalue weighted by Gasteiger charge is 2.33. The molecule has 0 bridgehead atoms. The minimum absolute atomic E-state index is 0.180. The lowest BCUT2D eigenvalue weighted by Crippen LogP contribution is -2.11. The minimum atomic E-state index is -1.45. The largest absolute Gasteiger partial charge is 0.612 e. The fourth-order valence-electron chi connectivity index (χ4n) is 3.13. The molecule has 10 heteroatoms. The summed E-state index contributed by atoms with van der Waals surface area (Å²) in [6.07, 6.45) is 1.58. The zero-order valence-corrected chi connectivity index (χ0v) is 20.8. The molecule has 0 amide bonds. The molecule has 2 aromatic heterocycles. The number of aromatic nitrogens is 4. The molecule has 0 aliphatic rings. The normalized spacial score (nSPS) is 12.9. The van der Waals surface area contributed by atoms with Crippen molar-refractivity contribution < 1.29 is 8.97 Å². The van der Waals surface area contributed by atoms with E-state index in [1.165, 1.54) is 0 Å². The Bertz CT molecular complexity index is 1280. The van der Waals surface area contributed by atoms with Crippen molar-refractivity contribution >= 4 is 46.0 Å². The predicted octanol–water partition coefficient (Wildman–Crippen LogP) is 6.58. The van der Waals surface area contributed by atoms with E-state index in [1.54, 1.807) is 41.3 Å². The number of nitrogens with zero attached hydrogens (tertiary/aromatic N) is 4. The Hall–Kier alpha value is -2.03. The van der Waals surface area contributed by atoms with Crippen molar-refractivity contribution in [3.05, 3.63) is 63.4 Å². The van der Waals surface area contributed by atoms with E-state index < -0.39 is 11.2 Å². The molecule has 2 aromatic carbocycles. The molecular weight excluding hydrogens is 491 g/mol. The van der Waals surface area contributed by atoms with Gasteiger partial charge < -0.3 is 8.97 Å². The van der Waals surface area contributed by atoms with Gasteiger partial charge >= 0.3 is 0 Å².